The van der Waals surface area contributed by atoms with Crippen LogP contribution in [0.4, 0.5) is 0 Å². The highest BCUT2D eigenvalue weighted by Gasteiger charge is 2.19. The van der Waals surface area contributed by atoms with E-state index < -0.39 is 0 Å². The third-order valence-corrected chi connectivity index (χ3v) is 2.77. The molecule has 0 fully saturated rings. The zero-order valence-corrected chi connectivity index (χ0v) is 10.6. The molecule has 2 aromatic heterocycles. The van der Waals surface area contributed by atoms with E-state index >= 15 is 0 Å². The number of aromatic nitrogens is 3. The Labute approximate surface area is 105 Å². The van der Waals surface area contributed by atoms with Gasteiger partial charge in [-0.1, -0.05) is 6.08 Å². The minimum atomic E-state index is -0.383. The normalized spacial score (nSPS) is 12.2. The third kappa shape index (κ3) is 2.25. The Bertz CT molecular complexity index is 599. The summed E-state index contributed by atoms with van der Waals surface area (Å²) in [5.74, 6) is -0.370. The number of methoxy groups -OCH3 is 1. The summed E-state index contributed by atoms with van der Waals surface area (Å²) >= 11 is 0. The van der Waals surface area contributed by atoms with Crippen molar-refractivity contribution in [1.82, 2.24) is 14.5 Å². The molecule has 0 aliphatic heterocycles. The fourth-order valence-electron chi connectivity index (χ4n) is 1.73. The lowest BCUT2D eigenvalue weighted by atomic mass is 10.0. The number of carbonyl (C=O) groups excluding carboxylic acids is 1. The maximum atomic E-state index is 11.1. The Balaban J connectivity index is 2.40. The molecule has 0 spiro atoms. The second kappa shape index (κ2) is 4.60. The number of allylic oxidation sites excluding steroid dienone is 1. The van der Waals surface area contributed by atoms with Gasteiger partial charge in [-0.15, -0.1) is 0 Å². The number of carbonyl (C=O) groups is 1. The molecule has 0 bridgehead atoms. The minimum Gasteiger partial charge on any atom is -0.466 e. The van der Waals surface area contributed by atoms with Crippen molar-refractivity contribution in [1.29, 1.82) is 0 Å². The second-order valence-corrected chi connectivity index (χ2v) is 4.47. The van der Waals surface area contributed by atoms with E-state index in [4.69, 9.17) is 0 Å². The topological polar surface area (TPSA) is 57.0 Å². The molecule has 0 unspecified atom stereocenters. The fraction of sp³-hybridized carbons (Fsp3) is 0.308. The summed E-state index contributed by atoms with van der Waals surface area (Å²) in [6.45, 7) is 3.97. The summed E-state index contributed by atoms with van der Waals surface area (Å²) in [4.78, 5) is 19.6. The van der Waals surface area contributed by atoms with E-state index in [0.717, 1.165) is 5.52 Å². The molecule has 0 radical (unpaired) electrons. The van der Waals surface area contributed by atoms with Gasteiger partial charge < -0.3 is 9.30 Å². The first-order chi connectivity index (χ1) is 8.54. The highest BCUT2D eigenvalue weighted by molar-refractivity contribution is 5.82. The molecular formula is C13H15N3O2. The third-order valence-electron chi connectivity index (χ3n) is 2.77. The molecule has 0 aliphatic rings. The highest BCUT2D eigenvalue weighted by atomic mass is 16.5. The van der Waals surface area contributed by atoms with Crippen LogP contribution in [-0.4, -0.2) is 27.6 Å². The molecule has 2 rings (SSSR count). The summed E-state index contributed by atoms with van der Waals surface area (Å²) in [7, 11) is 1.36. The molecule has 0 saturated carbocycles. The van der Waals surface area contributed by atoms with Crippen LogP contribution in [0.25, 0.3) is 11.2 Å². The maximum Gasteiger partial charge on any atom is 0.330 e. The number of fused-ring (bicyclic) bond motifs is 1. The zero-order chi connectivity index (χ0) is 13.2. The number of hydrogen-bond donors (Lipinski definition) is 0. The van der Waals surface area contributed by atoms with Gasteiger partial charge >= 0.3 is 5.97 Å². The molecule has 0 amide bonds. The van der Waals surface area contributed by atoms with Crippen LogP contribution in [-0.2, 0) is 15.1 Å². The molecule has 0 aromatic carbocycles. The van der Waals surface area contributed by atoms with Gasteiger partial charge in [0.25, 0.3) is 0 Å². The molecule has 5 heteroatoms. The van der Waals surface area contributed by atoms with Crippen molar-refractivity contribution in [2.24, 2.45) is 0 Å². The average Bonchev–Trinajstić information content (AvgIpc) is 2.80. The van der Waals surface area contributed by atoms with E-state index in [1.807, 2.05) is 30.5 Å². The van der Waals surface area contributed by atoms with E-state index in [0.29, 0.717) is 5.65 Å². The van der Waals surface area contributed by atoms with E-state index in [-0.39, 0.29) is 11.5 Å². The lowest BCUT2D eigenvalue weighted by molar-refractivity contribution is -0.134. The Morgan fingerprint density at radius 1 is 1.44 bits per heavy atom. The Morgan fingerprint density at radius 2 is 2.22 bits per heavy atom. The van der Waals surface area contributed by atoms with Gasteiger partial charge in [0.05, 0.1) is 24.5 Å². The fourth-order valence-corrected chi connectivity index (χ4v) is 1.73. The molecular weight excluding hydrogens is 230 g/mol. The first-order valence-corrected chi connectivity index (χ1v) is 5.60. The van der Waals surface area contributed by atoms with Gasteiger partial charge in [-0.25, -0.2) is 14.8 Å². The Hall–Kier alpha value is -2.17. The standard InChI is InChI=1S/C13H15N3O2/c1-13(2,7-6-11(17)18-3)16-9-15-12-10(16)5-4-8-14-12/h4-9H,1-3H3/b7-6+. The predicted molar refractivity (Wildman–Crippen MR) is 68.0 cm³/mol. The van der Waals surface area contributed by atoms with Gasteiger partial charge in [0.1, 0.15) is 0 Å². The van der Waals surface area contributed by atoms with Crippen LogP contribution in [0.3, 0.4) is 0 Å². The number of pyridine rings is 1. The SMILES string of the molecule is COC(=O)/C=C/C(C)(C)n1cnc2ncccc21. The highest BCUT2D eigenvalue weighted by Crippen LogP contribution is 2.22. The van der Waals surface area contributed by atoms with Gasteiger partial charge in [-0.05, 0) is 26.0 Å². The van der Waals surface area contributed by atoms with E-state index in [9.17, 15) is 4.79 Å². The molecule has 18 heavy (non-hydrogen) atoms. The second-order valence-electron chi connectivity index (χ2n) is 4.47. The first kappa shape index (κ1) is 12.3. The predicted octanol–water partition coefficient (Wildman–Crippen LogP) is 1.90. The molecule has 0 N–H and O–H groups in total. The van der Waals surface area contributed by atoms with Gasteiger partial charge in [-0.3, -0.25) is 0 Å². The van der Waals surface area contributed by atoms with Crippen molar-refractivity contribution >= 4 is 17.1 Å². The summed E-state index contributed by atoms with van der Waals surface area (Å²) < 4.78 is 6.55. The van der Waals surface area contributed by atoms with Crippen molar-refractivity contribution in [2.45, 2.75) is 19.4 Å². The Morgan fingerprint density at radius 3 is 2.94 bits per heavy atom. The van der Waals surface area contributed by atoms with Gasteiger partial charge in [-0.2, -0.15) is 0 Å². The number of imidazole rings is 1. The van der Waals surface area contributed by atoms with Crippen LogP contribution in [0.2, 0.25) is 0 Å². The van der Waals surface area contributed by atoms with E-state index in [1.165, 1.54) is 13.2 Å². The minimum absolute atomic E-state index is 0.370. The number of esters is 1. The summed E-state index contributed by atoms with van der Waals surface area (Å²) in [6.07, 6.45) is 6.63. The zero-order valence-electron chi connectivity index (χ0n) is 10.6. The molecule has 2 heterocycles. The van der Waals surface area contributed by atoms with Crippen LogP contribution >= 0.6 is 0 Å². The molecule has 0 saturated heterocycles. The van der Waals surface area contributed by atoms with E-state index in [1.54, 1.807) is 18.6 Å². The van der Waals surface area contributed by atoms with Crippen LogP contribution in [0.15, 0.2) is 36.8 Å². The van der Waals surface area contributed by atoms with Gasteiger partial charge in [0.15, 0.2) is 5.65 Å². The van der Waals surface area contributed by atoms with Crippen molar-refractivity contribution < 1.29 is 9.53 Å². The number of rotatable bonds is 3. The first-order valence-electron chi connectivity index (χ1n) is 5.60. The van der Waals surface area contributed by atoms with Crippen LogP contribution in [0, 0.1) is 0 Å². The number of hydrogen-bond acceptors (Lipinski definition) is 4. The monoisotopic (exact) mass is 245 g/mol. The molecule has 5 nitrogen and oxygen atoms in total. The van der Waals surface area contributed by atoms with Crippen LogP contribution in [0.1, 0.15) is 13.8 Å². The van der Waals surface area contributed by atoms with Crippen molar-refractivity contribution in [3.05, 3.63) is 36.8 Å². The average molecular weight is 245 g/mol. The number of ether oxygens (including phenoxy) is 1. The molecule has 2 aromatic rings. The van der Waals surface area contributed by atoms with Crippen molar-refractivity contribution in [3.8, 4) is 0 Å². The lowest BCUT2D eigenvalue weighted by Crippen LogP contribution is -2.23. The largest absolute Gasteiger partial charge is 0.466 e. The summed E-state index contributed by atoms with van der Waals surface area (Å²) in [6, 6.07) is 3.81. The maximum absolute atomic E-state index is 11.1. The summed E-state index contributed by atoms with van der Waals surface area (Å²) in [5.41, 5.74) is 1.24. The lowest BCUT2D eigenvalue weighted by Gasteiger charge is -2.23. The quantitative estimate of drug-likeness (QED) is 0.612. The molecule has 0 atom stereocenters. The van der Waals surface area contributed by atoms with Gasteiger partial charge in [0.2, 0.25) is 0 Å². The van der Waals surface area contributed by atoms with Crippen molar-refractivity contribution in [3.63, 3.8) is 0 Å². The number of nitrogens with zero attached hydrogens (tertiary/aromatic N) is 3. The van der Waals surface area contributed by atoms with E-state index in [2.05, 4.69) is 14.7 Å². The van der Waals surface area contributed by atoms with Crippen molar-refractivity contribution in [2.75, 3.05) is 7.11 Å². The molecule has 94 valence electrons. The van der Waals surface area contributed by atoms with Crippen LogP contribution in [0.5, 0.6) is 0 Å². The smallest absolute Gasteiger partial charge is 0.330 e. The summed E-state index contributed by atoms with van der Waals surface area (Å²) in [5, 5.41) is 0. The van der Waals surface area contributed by atoms with Gasteiger partial charge in [0, 0.05) is 12.3 Å². The Kier molecular flexibility index (Phi) is 3.14. The van der Waals surface area contributed by atoms with Crippen LogP contribution < -0.4 is 0 Å². The molecule has 0 aliphatic carbocycles.